The topological polar surface area (TPSA) is 29.9 Å². The molecule has 0 fully saturated rings. The minimum absolute atomic E-state index is 0.545. The Morgan fingerprint density at radius 2 is 1.88 bits per heavy atom. The van der Waals surface area contributed by atoms with Gasteiger partial charge in [0.05, 0.1) is 5.69 Å². The van der Waals surface area contributed by atoms with E-state index in [1.165, 1.54) is 11.3 Å². The quantitative estimate of drug-likeness (QED) is 0.831. The second kappa shape index (κ2) is 5.48. The summed E-state index contributed by atoms with van der Waals surface area (Å²) in [4.78, 5) is 0. The van der Waals surface area contributed by atoms with Crippen LogP contribution in [-0.2, 0) is 13.1 Å². The molecule has 1 N–H and O–H groups in total. The molecule has 0 radical (unpaired) electrons. The normalized spacial score (nSPS) is 13.4. The third-order valence-electron chi connectivity index (χ3n) is 3.43. The van der Waals surface area contributed by atoms with Crippen LogP contribution in [0.2, 0.25) is 0 Å². The molecule has 1 rings (SSSR count). The minimum Gasteiger partial charge on any atom is -0.310 e. The lowest BCUT2D eigenvalue weighted by Gasteiger charge is -2.17. The zero-order valence-corrected chi connectivity index (χ0v) is 11.5. The Morgan fingerprint density at radius 3 is 2.31 bits per heavy atom. The maximum Gasteiger partial charge on any atom is 0.0641 e. The van der Waals surface area contributed by atoms with E-state index in [0.717, 1.165) is 18.8 Å². The van der Waals surface area contributed by atoms with E-state index in [9.17, 15) is 0 Å². The van der Waals surface area contributed by atoms with Crippen molar-refractivity contribution in [2.75, 3.05) is 0 Å². The summed E-state index contributed by atoms with van der Waals surface area (Å²) in [7, 11) is 0. The third kappa shape index (κ3) is 2.85. The van der Waals surface area contributed by atoms with Crippen molar-refractivity contribution >= 4 is 0 Å². The molecule has 0 amide bonds. The second-order valence-corrected chi connectivity index (χ2v) is 4.88. The van der Waals surface area contributed by atoms with Gasteiger partial charge in [-0.25, -0.2) is 0 Å². The number of nitrogens with one attached hydrogen (secondary N) is 1. The van der Waals surface area contributed by atoms with E-state index in [1.807, 2.05) is 0 Å². The van der Waals surface area contributed by atoms with Crippen molar-refractivity contribution in [3.05, 3.63) is 17.0 Å². The van der Waals surface area contributed by atoms with Crippen molar-refractivity contribution in [2.45, 2.75) is 60.7 Å². The molecule has 0 aromatic carbocycles. The van der Waals surface area contributed by atoms with Crippen molar-refractivity contribution in [2.24, 2.45) is 5.92 Å². The molecule has 1 atom stereocenters. The van der Waals surface area contributed by atoms with Crippen molar-refractivity contribution in [3.8, 4) is 0 Å². The third-order valence-corrected chi connectivity index (χ3v) is 3.43. The number of nitrogens with zero attached hydrogens (tertiary/aromatic N) is 2. The maximum absolute atomic E-state index is 4.53. The van der Waals surface area contributed by atoms with Gasteiger partial charge in [0.15, 0.2) is 0 Å². The van der Waals surface area contributed by atoms with E-state index in [0.29, 0.717) is 12.0 Å². The lowest BCUT2D eigenvalue weighted by molar-refractivity contribution is 0.425. The first-order chi connectivity index (χ1) is 7.47. The van der Waals surface area contributed by atoms with Gasteiger partial charge in [-0.15, -0.1) is 0 Å². The molecule has 0 spiro atoms. The zero-order valence-electron chi connectivity index (χ0n) is 11.5. The Balaban J connectivity index is 2.70. The number of hydrogen-bond donors (Lipinski definition) is 1. The monoisotopic (exact) mass is 223 g/mol. The van der Waals surface area contributed by atoms with E-state index in [4.69, 9.17) is 0 Å². The fourth-order valence-electron chi connectivity index (χ4n) is 1.80. The first-order valence-electron chi connectivity index (χ1n) is 6.23. The predicted molar refractivity (Wildman–Crippen MR) is 68.5 cm³/mol. The van der Waals surface area contributed by atoms with Crippen LogP contribution < -0.4 is 5.32 Å². The van der Waals surface area contributed by atoms with Gasteiger partial charge in [0, 0.05) is 30.4 Å². The van der Waals surface area contributed by atoms with Gasteiger partial charge in [0.1, 0.15) is 0 Å². The molecule has 0 aliphatic heterocycles. The zero-order chi connectivity index (χ0) is 12.3. The number of rotatable bonds is 5. The molecule has 92 valence electrons. The van der Waals surface area contributed by atoms with E-state index < -0.39 is 0 Å². The smallest absolute Gasteiger partial charge is 0.0641 e. The Labute approximate surface area is 99.2 Å². The molecule has 16 heavy (non-hydrogen) atoms. The van der Waals surface area contributed by atoms with Crippen molar-refractivity contribution in [1.29, 1.82) is 0 Å². The second-order valence-electron chi connectivity index (χ2n) is 4.88. The molecule has 0 aliphatic carbocycles. The molecule has 3 nitrogen and oxygen atoms in total. The van der Waals surface area contributed by atoms with E-state index in [-0.39, 0.29) is 0 Å². The van der Waals surface area contributed by atoms with Gasteiger partial charge < -0.3 is 5.32 Å². The summed E-state index contributed by atoms with van der Waals surface area (Å²) in [6.07, 6.45) is 0. The highest BCUT2D eigenvalue weighted by Crippen LogP contribution is 2.13. The average Bonchev–Trinajstić information content (AvgIpc) is 2.51. The van der Waals surface area contributed by atoms with Gasteiger partial charge in [0.25, 0.3) is 0 Å². The highest BCUT2D eigenvalue weighted by atomic mass is 15.3. The van der Waals surface area contributed by atoms with Gasteiger partial charge in [0.2, 0.25) is 0 Å². The fraction of sp³-hybridized carbons (Fsp3) is 0.769. The van der Waals surface area contributed by atoms with Gasteiger partial charge in [-0.2, -0.15) is 5.10 Å². The predicted octanol–water partition coefficient (Wildman–Crippen LogP) is 2.65. The Bertz CT molecular complexity index is 339. The molecule has 0 aliphatic rings. The minimum atomic E-state index is 0.545. The first-order valence-corrected chi connectivity index (χ1v) is 6.23. The molecule has 1 heterocycles. The van der Waals surface area contributed by atoms with Crippen molar-refractivity contribution in [1.82, 2.24) is 15.1 Å². The van der Waals surface area contributed by atoms with Gasteiger partial charge in [-0.3, -0.25) is 4.68 Å². The summed E-state index contributed by atoms with van der Waals surface area (Å²) in [5, 5.41) is 8.09. The molecular formula is C13H25N3. The summed E-state index contributed by atoms with van der Waals surface area (Å²) in [6, 6.07) is 0.545. The van der Waals surface area contributed by atoms with Crippen LogP contribution in [0.25, 0.3) is 0 Å². The SMILES string of the molecule is CCn1nc(C)c(CNC(C)C(C)C)c1C. The molecular weight excluding hydrogens is 198 g/mol. The highest BCUT2D eigenvalue weighted by Gasteiger charge is 2.12. The largest absolute Gasteiger partial charge is 0.310 e. The van der Waals surface area contributed by atoms with E-state index in [1.54, 1.807) is 0 Å². The van der Waals surface area contributed by atoms with E-state index >= 15 is 0 Å². The maximum atomic E-state index is 4.53. The lowest BCUT2D eigenvalue weighted by atomic mass is 10.1. The summed E-state index contributed by atoms with van der Waals surface area (Å²) in [6.45, 7) is 15.0. The summed E-state index contributed by atoms with van der Waals surface area (Å²) in [5.41, 5.74) is 3.81. The molecule has 0 bridgehead atoms. The molecule has 0 saturated heterocycles. The molecule has 3 heteroatoms. The van der Waals surface area contributed by atoms with Crippen LogP contribution in [0, 0.1) is 19.8 Å². The Hall–Kier alpha value is -0.830. The number of hydrogen-bond acceptors (Lipinski definition) is 2. The molecule has 1 unspecified atom stereocenters. The standard InChI is InChI=1S/C13H25N3/c1-7-16-12(6)13(11(5)15-16)8-14-10(4)9(2)3/h9-10,14H,7-8H2,1-6H3. The van der Waals surface area contributed by atoms with Gasteiger partial charge in [-0.1, -0.05) is 13.8 Å². The number of aryl methyl sites for hydroxylation is 2. The Kier molecular flexibility index (Phi) is 4.54. The van der Waals surface area contributed by atoms with Crippen molar-refractivity contribution in [3.63, 3.8) is 0 Å². The van der Waals surface area contributed by atoms with Crippen LogP contribution in [-0.4, -0.2) is 15.8 Å². The summed E-state index contributed by atoms with van der Waals surface area (Å²) >= 11 is 0. The van der Waals surface area contributed by atoms with Crippen LogP contribution in [0.4, 0.5) is 0 Å². The molecule has 0 saturated carbocycles. The van der Waals surface area contributed by atoms with Gasteiger partial charge >= 0.3 is 0 Å². The van der Waals surface area contributed by atoms with Crippen LogP contribution in [0.5, 0.6) is 0 Å². The average molecular weight is 223 g/mol. The molecule has 1 aromatic heterocycles. The summed E-state index contributed by atoms with van der Waals surface area (Å²) in [5.74, 6) is 0.668. The van der Waals surface area contributed by atoms with E-state index in [2.05, 4.69) is 56.6 Å². The van der Waals surface area contributed by atoms with Crippen molar-refractivity contribution < 1.29 is 0 Å². The van der Waals surface area contributed by atoms with Crippen LogP contribution in [0.1, 0.15) is 44.6 Å². The lowest BCUT2D eigenvalue weighted by Crippen LogP contribution is -2.30. The van der Waals surface area contributed by atoms with Crippen LogP contribution in [0.15, 0.2) is 0 Å². The van der Waals surface area contributed by atoms with Gasteiger partial charge in [-0.05, 0) is 33.6 Å². The van der Waals surface area contributed by atoms with Crippen LogP contribution in [0.3, 0.4) is 0 Å². The first kappa shape index (κ1) is 13.2. The summed E-state index contributed by atoms with van der Waals surface area (Å²) < 4.78 is 2.08. The fourth-order valence-corrected chi connectivity index (χ4v) is 1.80. The molecule has 1 aromatic rings. The number of aromatic nitrogens is 2. The van der Waals surface area contributed by atoms with Crippen LogP contribution >= 0.6 is 0 Å². The Morgan fingerprint density at radius 1 is 1.25 bits per heavy atom. The highest BCUT2D eigenvalue weighted by molar-refractivity contribution is 5.24.